The van der Waals surface area contributed by atoms with Crippen molar-refractivity contribution in [1.29, 1.82) is 5.26 Å². The number of aromatic nitrogens is 3. The van der Waals surface area contributed by atoms with Gasteiger partial charge in [-0.05, 0) is 54.1 Å². The number of H-pyrrole nitrogens is 1. The highest BCUT2D eigenvalue weighted by Gasteiger charge is 2.24. The second-order valence-corrected chi connectivity index (χ2v) is 9.29. The smallest absolute Gasteiger partial charge is 0.157 e. The van der Waals surface area contributed by atoms with Gasteiger partial charge in [0.1, 0.15) is 29.1 Å². The lowest BCUT2D eigenvalue weighted by Gasteiger charge is -2.29. The van der Waals surface area contributed by atoms with E-state index in [0.29, 0.717) is 28.0 Å². The van der Waals surface area contributed by atoms with Crippen molar-refractivity contribution in [3.05, 3.63) is 78.1 Å². The Morgan fingerprint density at radius 3 is 2.36 bits per heavy atom. The molecule has 2 aromatic heterocycles. The molecule has 3 N–H and O–H groups in total. The van der Waals surface area contributed by atoms with Crippen LogP contribution in [0.25, 0.3) is 44.7 Å². The second kappa shape index (κ2) is 10.1. The van der Waals surface area contributed by atoms with E-state index in [2.05, 4.69) is 31.5 Å². The van der Waals surface area contributed by atoms with Crippen molar-refractivity contribution in [3.8, 4) is 51.2 Å². The zero-order valence-corrected chi connectivity index (χ0v) is 21.2. The molecule has 0 spiro atoms. The van der Waals surface area contributed by atoms with E-state index in [1.807, 2.05) is 48.5 Å². The van der Waals surface area contributed by atoms with Crippen molar-refractivity contribution >= 4 is 16.7 Å². The van der Waals surface area contributed by atoms with Crippen LogP contribution in [-0.2, 0) is 0 Å². The molecule has 39 heavy (non-hydrogen) atoms. The number of ether oxygens (including phenoxy) is 1. The molecular formula is C30H25FN6O2. The molecule has 0 unspecified atom stereocenters. The van der Waals surface area contributed by atoms with Crippen LogP contribution in [-0.4, -0.2) is 53.6 Å². The third-order valence-electron chi connectivity index (χ3n) is 7.03. The van der Waals surface area contributed by atoms with E-state index in [1.165, 1.54) is 12.1 Å². The lowest BCUT2D eigenvalue weighted by molar-refractivity contribution is 0.415. The molecule has 0 radical (unpaired) electrons. The van der Waals surface area contributed by atoms with E-state index < -0.39 is 5.82 Å². The largest absolute Gasteiger partial charge is 0.508 e. The number of benzene rings is 3. The average molecular weight is 521 g/mol. The topological polar surface area (TPSA) is 110 Å². The molecular weight excluding hydrogens is 495 g/mol. The maximum absolute atomic E-state index is 15.0. The lowest BCUT2D eigenvalue weighted by Crippen LogP contribution is -2.43. The van der Waals surface area contributed by atoms with E-state index in [0.717, 1.165) is 49.1 Å². The zero-order valence-electron chi connectivity index (χ0n) is 21.2. The molecule has 0 bridgehead atoms. The third-order valence-corrected chi connectivity index (χ3v) is 7.03. The molecule has 9 heteroatoms. The predicted octanol–water partition coefficient (Wildman–Crippen LogP) is 5.09. The number of methoxy groups -OCH3 is 1. The average Bonchev–Trinajstić information content (AvgIpc) is 3.40. The number of phenols is 1. The van der Waals surface area contributed by atoms with Crippen LogP contribution in [0, 0.1) is 17.1 Å². The first-order valence-corrected chi connectivity index (χ1v) is 12.6. The number of pyridine rings is 1. The molecule has 1 saturated heterocycles. The van der Waals surface area contributed by atoms with Crippen LogP contribution < -0.4 is 15.0 Å². The minimum Gasteiger partial charge on any atom is -0.508 e. The Morgan fingerprint density at radius 1 is 0.974 bits per heavy atom. The Labute approximate surface area is 224 Å². The standard InChI is InChI=1S/C30H25FN6O2/c1-39-22-9-4-19(5-10-22)28-27-26(18-2-6-20(7-3-18)37-14-12-33-13-15-37)24(17-32)29(34-30(27)36-35-28)23-11-8-21(38)16-25(23)31/h2-11,16,33,38H,12-15H2,1H3,(H,34,35,36). The second-order valence-electron chi connectivity index (χ2n) is 9.29. The molecule has 194 valence electrons. The van der Waals surface area contributed by atoms with Gasteiger partial charge >= 0.3 is 0 Å². The van der Waals surface area contributed by atoms with Gasteiger partial charge in [0.05, 0.1) is 23.8 Å². The molecule has 0 aliphatic carbocycles. The first-order valence-electron chi connectivity index (χ1n) is 12.6. The molecule has 0 saturated carbocycles. The first-order chi connectivity index (χ1) is 19.1. The molecule has 5 aromatic rings. The summed E-state index contributed by atoms with van der Waals surface area (Å²) in [5, 5.41) is 31.8. The maximum atomic E-state index is 15.0. The van der Waals surface area contributed by atoms with Gasteiger partial charge in [0, 0.05) is 54.6 Å². The van der Waals surface area contributed by atoms with Crippen molar-refractivity contribution in [1.82, 2.24) is 20.5 Å². The number of nitrogens with zero attached hydrogens (tertiary/aromatic N) is 4. The lowest BCUT2D eigenvalue weighted by atomic mass is 9.91. The van der Waals surface area contributed by atoms with Crippen molar-refractivity contribution in [3.63, 3.8) is 0 Å². The molecule has 1 fully saturated rings. The minimum absolute atomic E-state index is 0.116. The van der Waals surface area contributed by atoms with Gasteiger partial charge in [-0.2, -0.15) is 10.4 Å². The number of nitriles is 1. The molecule has 0 amide bonds. The summed E-state index contributed by atoms with van der Waals surface area (Å²) in [4.78, 5) is 6.97. The number of nitrogens with one attached hydrogen (secondary N) is 2. The van der Waals surface area contributed by atoms with Crippen molar-refractivity contribution in [2.45, 2.75) is 0 Å². The van der Waals surface area contributed by atoms with Gasteiger partial charge in [0.25, 0.3) is 0 Å². The Kier molecular flexibility index (Phi) is 6.31. The van der Waals surface area contributed by atoms with Crippen LogP contribution in [0.2, 0.25) is 0 Å². The minimum atomic E-state index is -0.673. The first kappa shape index (κ1) is 24.4. The number of rotatable bonds is 5. The van der Waals surface area contributed by atoms with Gasteiger partial charge in [-0.1, -0.05) is 12.1 Å². The van der Waals surface area contributed by atoms with Gasteiger partial charge in [-0.15, -0.1) is 0 Å². The Bertz CT molecular complexity index is 1700. The number of phenolic OH excluding ortho intramolecular Hbond substituents is 1. The number of hydrogen-bond acceptors (Lipinski definition) is 7. The fourth-order valence-corrected chi connectivity index (χ4v) is 5.07. The predicted molar refractivity (Wildman–Crippen MR) is 148 cm³/mol. The molecule has 3 aromatic carbocycles. The van der Waals surface area contributed by atoms with Crippen molar-refractivity contribution < 1.29 is 14.2 Å². The fraction of sp³-hybridized carbons (Fsp3) is 0.167. The van der Waals surface area contributed by atoms with E-state index in [1.54, 1.807) is 7.11 Å². The summed E-state index contributed by atoms with van der Waals surface area (Å²) in [5.74, 6) is -0.167. The third kappa shape index (κ3) is 4.41. The van der Waals surface area contributed by atoms with Crippen LogP contribution in [0.1, 0.15) is 5.56 Å². The monoisotopic (exact) mass is 520 g/mol. The zero-order chi connectivity index (χ0) is 26.9. The van der Waals surface area contributed by atoms with Crippen molar-refractivity contribution in [2.75, 3.05) is 38.2 Å². The summed E-state index contributed by atoms with van der Waals surface area (Å²) in [6, 6.07) is 21.6. The molecule has 1 aliphatic heterocycles. The number of fused-ring (bicyclic) bond motifs is 1. The number of piperazine rings is 1. The molecule has 0 atom stereocenters. The summed E-state index contributed by atoms with van der Waals surface area (Å²) in [7, 11) is 1.61. The number of halogens is 1. The van der Waals surface area contributed by atoms with Gasteiger partial charge in [-0.25, -0.2) is 9.37 Å². The summed E-state index contributed by atoms with van der Waals surface area (Å²) in [6.45, 7) is 3.67. The van der Waals surface area contributed by atoms with Crippen LogP contribution in [0.3, 0.4) is 0 Å². The van der Waals surface area contributed by atoms with Crippen LogP contribution in [0.15, 0.2) is 66.7 Å². The molecule has 3 heterocycles. The molecule has 6 rings (SSSR count). The summed E-state index contributed by atoms with van der Waals surface area (Å²) in [6.07, 6.45) is 0. The SMILES string of the molecule is COc1ccc(-c2n[nH]c3nc(-c4ccc(O)cc4F)c(C#N)c(-c4ccc(N5CCNCC5)cc4)c23)cc1. The number of aromatic amines is 1. The number of aromatic hydroxyl groups is 1. The maximum Gasteiger partial charge on any atom is 0.157 e. The van der Waals surface area contributed by atoms with Gasteiger partial charge in [-0.3, -0.25) is 5.10 Å². The van der Waals surface area contributed by atoms with Gasteiger partial charge in [0.2, 0.25) is 0 Å². The Morgan fingerprint density at radius 2 is 1.69 bits per heavy atom. The van der Waals surface area contributed by atoms with Gasteiger partial charge < -0.3 is 20.1 Å². The highest BCUT2D eigenvalue weighted by atomic mass is 19.1. The summed E-state index contributed by atoms with van der Waals surface area (Å²) < 4.78 is 20.3. The quantitative estimate of drug-likeness (QED) is 0.296. The highest BCUT2D eigenvalue weighted by molar-refractivity contribution is 6.06. The molecule has 8 nitrogen and oxygen atoms in total. The fourth-order valence-electron chi connectivity index (χ4n) is 5.07. The number of hydrogen-bond donors (Lipinski definition) is 3. The van der Waals surface area contributed by atoms with Crippen LogP contribution in [0.5, 0.6) is 11.5 Å². The van der Waals surface area contributed by atoms with Crippen LogP contribution in [0.4, 0.5) is 10.1 Å². The molecule has 1 aliphatic rings. The summed E-state index contributed by atoms with van der Waals surface area (Å²) >= 11 is 0. The van der Waals surface area contributed by atoms with Crippen molar-refractivity contribution in [2.24, 2.45) is 0 Å². The van der Waals surface area contributed by atoms with Gasteiger partial charge in [0.15, 0.2) is 5.65 Å². The number of anilines is 1. The van der Waals surface area contributed by atoms with E-state index in [4.69, 9.17) is 4.74 Å². The van der Waals surface area contributed by atoms with E-state index in [-0.39, 0.29) is 22.6 Å². The van der Waals surface area contributed by atoms with E-state index >= 15 is 4.39 Å². The van der Waals surface area contributed by atoms with Crippen LogP contribution >= 0.6 is 0 Å². The van der Waals surface area contributed by atoms with E-state index in [9.17, 15) is 10.4 Å². The summed E-state index contributed by atoms with van der Waals surface area (Å²) in [5.41, 5.74) is 4.86. The Balaban J connectivity index is 1.60. The normalized spacial score (nSPS) is 13.4. The Hall–Kier alpha value is -4.94. The highest BCUT2D eigenvalue weighted by Crippen LogP contribution is 2.41.